The lowest BCUT2D eigenvalue weighted by atomic mass is 10.2. The maximum Gasteiger partial charge on any atom is 0.260 e. The Bertz CT molecular complexity index is 513. The number of aromatic nitrogens is 2. The van der Waals surface area contributed by atoms with Gasteiger partial charge in [0.15, 0.2) is 5.82 Å². The molecule has 1 amide bonds. The largest absolute Gasteiger partial charge is 0.363 e. The number of carbonyl (C=O) groups excluding carboxylic acids is 1. The number of hydrogen-bond donors (Lipinski definition) is 1. The maximum absolute atomic E-state index is 11.7. The fourth-order valence-electron chi connectivity index (χ4n) is 1.04. The zero-order valence-corrected chi connectivity index (χ0v) is 9.29. The van der Waals surface area contributed by atoms with Crippen LogP contribution in [0.3, 0.4) is 0 Å². The average Bonchev–Trinajstić information content (AvgIpc) is 2.70. The van der Waals surface area contributed by atoms with Crippen LogP contribution < -0.4 is 5.32 Å². The molecule has 0 fully saturated rings. The second-order valence-electron chi connectivity index (χ2n) is 2.81. The van der Waals surface area contributed by atoms with Gasteiger partial charge in [0, 0.05) is 6.07 Å². The van der Waals surface area contributed by atoms with E-state index in [0.717, 1.165) is 0 Å². The molecule has 0 spiro atoms. The van der Waals surface area contributed by atoms with Crippen molar-refractivity contribution >= 4 is 34.9 Å². The van der Waals surface area contributed by atoms with Gasteiger partial charge in [0.1, 0.15) is 16.6 Å². The van der Waals surface area contributed by atoms with Crippen molar-refractivity contribution < 1.29 is 9.32 Å². The zero-order valence-electron chi connectivity index (χ0n) is 7.78. The Labute approximate surface area is 100 Å². The lowest BCUT2D eigenvalue weighted by molar-refractivity contribution is 0.102. The molecule has 0 aliphatic carbocycles. The van der Waals surface area contributed by atoms with Crippen molar-refractivity contribution in [1.29, 1.82) is 0 Å². The number of anilines is 1. The van der Waals surface area contributed by atoms with Crippen LogP contribution in [0.5, 0.6) is 0 Å². The molecule has 2 heterocycles. The van der Waals surface area contributed by atoms with E-state index in [1.54, 1.807) is 0 Å². The number of pyridine rings is 1. The second kappa shape index (κ2) is 4.51. The maximum atomic E-state index is 11.7. The standard InChI is InChI=1S/C9H5Cl2N3O2/c10-6-2-1-5(8(11)12-6)9(15)13-7-3-4-16-14-7/h1-4H,(H,13,14,15). The first-order valence-electron chi connectivity index (χ1n) is 4.20. The molecule has 0 atom stereocenters. The molecule has 5 nitrogen and oxygen atoms in total. The van der Waals surface area contributed by atoms with E-state index in [2.05, 4.69) is 20.0 Å². The molecular formula is C9H5Cl2N3O2. The van der Waals surface area contributed by atoms with E-state index in [9.17, 15) is 4.79 Å². The summed E-state index contributed by atoms with van der Waals surface area (Å²) >= 11 is 11.4. The summed E-state index contributed by atoms with van der Waals surface area (Å²) in [6, 6.07) is 4.47. The molecule has 0 radical (unpaired) electrons. The molecule has 0 aromatic carbocycles. The summed E-state index contributed by atoms with van der Waals surface area (Å²) in [4.78, 5) is 15.4. The van der Waals surface area contributed by atoms with Crippen molar-refractivity contribution in [3.8, 4) is 0 Å². The van der Waals surface area contributed by atoms with Crippen molar-refractivity contribution in [2.45, 2.75) is 0 Å². The lowest BCUT2D eigenvalue weighted by Crippen LogP contribution is -2.13. The molecule has 0 bridgehead atoms. The van der Waals surface area contributed by atoms with Gasteiger partial charge in [0.2, 0.25) is 0 Å². The Morgan fingerprint density at radius 1 is 1.31 bits per heavy atom. The molecule has 2 aromatic rings. The highest BCUT2D eigenvalue weighted by Crippen LogP contribution is 2.17. The Morgan fingerprint density at radius 3 is 2.75 bits per heavy atom. The molecule has 0 aliphatic heterocycles. The third-order valence-electron chi connectivity index (χ3n) is 1.74. The van der Waals surface area contributed by atoms with Gasteiger partial charge in [-0.05, 0) is 12.1 Å². The Morgan fingerprint density at radius 2 is 2.12 bits per heavy atom. The van der Waals surface area contributed by atoms with Gasteiger partial charge in [-0.2, -0.15) is 0 Å². The predicted octanol–water partition coefficient (Wildman–Crippen LogP) is 2.63. The van der Waals surface area contributed by atoms with Gasteiger partial charge < -0.3 is 9.84 Å². The molecule has 0 saturated carbocycles. The van der Waals surface area contributed by atoms with Crippen LogP contribution in [0.2, 0.25) is 10.3 Å². The summed E-state index contributed by atoms with van der Waals surface area (Å²) in [5.41, 5.74) is 0.217. The molecule has 0 saturated heterocycles. The van der Waals surface area contributed by atoms with Gasteiger partial charge in [0.25, 0.3) is 5.91 Å². The third kappa shape index (κ3) is 2.32. The zero-order chi connectivity index (χ0) is 11.5. The van der Waals surface area contributed by atoms with E-state index in [0.29, 0.717) is 5.82 Å². The highest BCUT2D eigenvalue weighted by Gasteiger charge is 2.12. The summed E-state index contributed by atoms with van der Waals surface area (Å²) < 4.78 is 4.57. The van der Waals surface area contributed by atoms with Crippen LogP contribution in [-0.4, -0.2) is 16.0 Å². The van der Waals surface area contributed by atoms with Gasteiger partial charge in [-0.15, -0.1) is 0 Å². The van der Waals surface area contributed by atoms with E-state index in [4.69, 9.17) is 23.2 Å². The second-order valence-corrected chi connectivity index (χ2v) is 3.56. The number of amides is 1. The first kappa shape index (κ1) is 10.9. The molecule has 2 aromatic heterocycles. The normalized spacial score (nSPS) is 10.1. The van der Waals surface area contributed by atoms with Crippen LogP contribution in [0.4, 0.5) is 5.82 Å². The Kier molecular flexibility index (Phi) is 3.07. The van der Waals surface area contributed by atoms with Gasteiger partial charge in [-0.25, -0.2) is 4.98 Å². The van der Waals surface area contributed by atoms with E-state index in [-0.39, 0.29) is 15.9 Å². The molecular weight excluding hydrogens is 253 g/mol. The molecule has 82 valence electrons. The molecule has 7 heteroatoms. The van der Waals surface area contributed by atoms with E-state index >= 15 is 0 Å². The number of nitrogens with zero attached hydrogens (tertiary/aromatic N) is 2. The monoisotopic (exact) mass is 257 g/mol. The molecule has 1 N–H and O–H groups in total. The minimum absolute atomic E-state index is 0.0356. The number of hydrogen-bond acceptors (Lipinski definition) is 4. The van der Waals surface area contributed by atoms with Gasteiger partial charge >= 0.3 is 0 Å². The van der Waals surface area contributed by atoms with Gasteiger partial charge in [0.05, 0.1) is 5.56 Å². The highest BCUT2D eigenvalue weighted by molar-refractivity contribution is 6.35. The lowest BCUT2D eigenvalue weighted by Gasteiger charge is -2.02. The minimum Gasteiger partial charge on any atom is -0.363 e. The molecule has 0 unspecified atom stereocenters. The molecule has 2 rings (SSSR count). The Balaban J connectivity index is 2.21. The van der Waals surface area contributed by atoms with E-state index < -0.39 is 5.91 Å². The van der Waals surface area contributed by atoms with Crippen molar-refractivity contribution in [2.24, 2.45) is 0 Å². The fourth-order valence-corrected chi connectivity index (χ4v) is 1.47. The van der Waals surface area contributed by atoms with Crippen LogP contribution >= 0.6 is 23.2 Å². The van der Waals surface area contributed by atoms with Crippen molar-refractivity contribution in [2.75, 3.05) is 5.32 Å². The smallest absolute Gasteiger partial charge is 0.260 e. The van der Waals surface area contributed by atoms with Crippen LogP contribution in [0, 0.1) is 0 Å². The average molecular weight is 258 g/mol. The van der Waals surface area contributed by atoms with Crippen LogP contribution in [0.1, 0.15) is 10.4 Å². The third-order valence-corrected chi connectivity index (χ3v) is 2.24. The van der Waals surface area contributed by atoms with E-state index in [1.165, 1.54) is 24.5 Å². The van der Waals surface area contributed by atoms with Crippen molar-refractivity contribution in [1.82, 2.24) is 10.1 Å². The van der Waals surface area contributed by atoms with Crippen LogP contribution in [-0.2, 0) is 0 Å². The fraction of sp³-hybridized carbons (Fsp3) is 0. The summed E-state index contributed by atoms with van der Waals surface area (Å²) in [5, 5.41) is 6.28. The number of nitrogens with one attached hydrogen (secondary N) is 1. The van der Waals surface area contributed by atoms with Crippen molar-refractivity contribution in [3.05, 3.63) is 40.3 Å². The molecule has 0 aliphatic rings. The predicted molar refractivity (Wildman–Crippen MR) is 58.7 cm³/mol. The summed E-state index contributed by atoms with van der Waals surface area (Å²) in [6.07, 6.45) is 1.34. The highest BCUT2D eigenvalue weighted by atomic mass is 35.5. The first-order valence-corrected chi connectivity index (χ1v) is 4.96. The topological polar surface area (TPSA) is 68.0 Å². The molecule has 16 heavy (non-hydrogen) atoms. The van der Waals surface area contributed by atoms with Crippen LogP contribution in [0.15, 0.2) is 29.0 Å². The minimum atomic E-state index is -0.428. The summed E-state index contributed by atoms with van der Waals surface area (Å²) in [7, 11) is 0. The summed E-state index contributed by atoms with van der Waals surface area (Å²) in [5.74, 6) is -0.126. The van der Waals surface area contributed by atoms with Crippen molar-refractivity contribution in [3.63, 3.8) is 0 Å². The first-order chi connectivity index (χ1) is 7.66. The number of rotatable bonds is 2. The Hall–Kier alpha value is -1.59. The quantitative estimate of drug-likeness (QED) is 0.840. The van der Waals surface area contributed by atoms with Crippen LogP contribution in [0.25, 0.3) is 0 Å². The number of carbonyl (C=O) groups is 1. The number of halogens is 2. The van der Waals surface area contributed by atoms with Gasteiger partial charge in [-0.1, -0.05) is 28.4 Å². The summed E-state index contributed by atoms with van der Waals surface area (Å²) in [6.45, 7) is 0. The van der Waals surface area contributed by atoms with Gasteiger partial charge in [-0.3, -0.25) is 4.79 Å². The SMILES string of the molecule is O=C(Nc1ccon1)c1ccc(Cl)nc1Cl. The van der Waals surface area contributed by atoms with E-state index in [1.807, 2.05) is 0 Å².